The fourth-order valence-corrected chi connectivity index (χ4v) is 1.81. The van der Waals surface area contributed by atoms with Gasteiger partial charge in [0.25, 0.3) is 5.91 Å². The zero-order chi connectivity index (χ0) is 14.4. The van der Waals surface area contributed by atoms with Crippen LogP contribution in [-0.4, -0.2) is 65.0 Å². The van der Waals surface area contributed by atoms with E-state index in [1.54, 1.807) is 4.90 Å². The average Bonchev–Trinajstić information content (AvgIpc) is 2.36. The van der Waals surface area contributed by atoms with E-state index in [1.807, 2.05) is 0 Å². The van der Waals surface area contributed by atoms with Crippen molar-refractivity contribution in [3.05, 3.63) is 12.2 Å². The standard InChI is InChI=1S/C12H19N3O4/c1-9(2)14-5-7-15(8-6-14)12(19)13-10(16)3-4-11(17)18/h3-4,9H,5-8H2,1-2H3,(H,17,18)(H,13,16,19)/b4-3+. The summed E-state index contributed by atoms with van der Waals surface area (Å²) in [5.74, 6) is -1.95. The number of nitrogens with zero attached hydrogens (tertiary/aromatic N) is 2. The van der Waals surface area contributed by atoms with Gasteiger partial charge in [0.1, 0.15) is 0 Å². The highest BCUT2D eigenvalue weighted by atomic mass is 16.4. The van der Waals surface area contributed by atoms with Crippen molar-refractivity contribution in [2.75, 3.05) is 26.2 Å². The number of piperazine rings is 1. The SMILES string of the molecule is CC(C)N1CCN(C(=O)NC(=O)/C=C/C(=O)O)CC1. The molecule has 0 saturated carbocycles. The van der Waals surface area contributed by atoms with Crippen LogP contribution in [-0.2, 0) is 9.59 Å². The zero-order valence-electron chi connectivity index (χ0n) is 11.1. The third-order valence-corrected chi connectivity index (χ3v) is 2.94. The highest BCUT2D eigenvalue weighted by Crippen LogP contribution is 2.05. The first-order valence-corrected chi connectivity index (χ1v) is 6.15. The third kappa shape index (κ3) is 5.09. The monoisotopic (exact) mass is 269 g/mol. The third-order valence-electron chi connectivity index (χ3n) is 2.94. The van der Waals surface area contributed by atoms with Crippen molar-refractivity contribution in [1.82, 2.24) is 15.1 Å². The van der Waals surface area contributed by atoms with Crippen LogP contribution in [0.1, 0.15) is 13.8 Å². The number of carbonyl (C=O) groups is 3. The van der Waals surface area contributed by atoms with Gasteiger partial charge in [0.05, 0.1) is 0 Å². The molecule has 19 heavy (non-hydrogen) atoms. The Morgan fingerprint density at radius 2 is 1.68 bits per heavy atom. The molecule has 0 radical (unpaired) electrons. The minimum atomic E-state index is -1.23. The van der Waals surface area contributed by atoms with Gasteiger partial charge in [-0.2, -0.15) is 0 Å². The maximum atomic E-state index is 11.7. The van der Waals surface area contributed by atoms with Crippen molar-refractivity contribution < 1.29 is 19.5 Å². The second kappa shape index (κ2) is 6.89. The largest absolute Gasteiger partial charge is 0.478 e. The molecule has 7 heteroatoms. The second-order valence-corrected chi connectivity index (χ2v) is 4.58. The van der Waals surface area contributed by atoms with Crippen molar-refractivity contribution in [3.8, 4) is 0 Å². The van der Waals surface area contributed by atoms with E-state index in [-0.39, 0.29) is 0 Å². The maximum Gasteiger partial charge on any atom is 0.328 e. The van der Waals surface area contributed by atoms with Crippen molar-refractivity contribution in [2.45, 2.75) is 19.9 Å². The van der Waals surface area contributed by atoms with E-state index in [1.165, 1.54) is 0 Å². The van der Waals surface area contributed by atoms with Gasteiger partial charge in [0, 0.05) is 44.4 Å². The number of hydrogen-bond acceptors (Lipinski definition) is 4. The summed E-state index contributed by atoms with van der Waals surface area (Å²) in [6.07, 6.45) is 1.52. The van der Waals surface area contributed by atoms with E-state index in [9.17, 15) is 14.4 Å². The highest BCUT2D eigenvalue weighted by molar-refractivity contribution is 6.02. The fourth-order valence-electron chi connectivity index (χ4n) is 1.81. The van der Waals surface area contributed by atoms with Crippen molar-refractivity contribution >= 4 is 17.9 Å². The molecule has 0 aromatic heterocycles. The van der Waals surface area contributed by atoms with E-state index >= 15 is 0 Å². The van der Waals surface area contributed by atoms with Gasteiger partial charge in [-0.15, -0.1) is 0 Å². The molecular formula is C12H19N3O4. The second-order valence-electron chi connectivity index (χ2n) is 4.58. The van der Waals surface area contributed by atoms with E-state index in [0.29, 0.717) is 25.2 Å². The molecule has 0 aliphatic carbocycles. The predicted molar refractivity (Wildman–Crippen MR) is 68.6 cm³/mol. The molecule has 1 aliphatic heterocycles. The number of nitrogens with one attached hydrogen (secondary N) is 1. The van der Waals surface area contributed by atoms with Crippen molar-refractivity contribution in [1.29, 1.82) is 0 Å². The zero-order valence-corrected chi connectivity index (χ0v) is 11.1. The Morgan fingerprint density at radius 3 is 2.16 bits per heavy atom. The Kier molecular flexibility index (Phi) is 5.50. The Balaban J connectivity index is 2.39. The quantitative estimate of drug-likeness (QED) is 0.698. The van der Waals surface area contributed by atoms with Gasteiger partial charge in [0.15, 0.2) is 0 Å². The van der Waals surface area contributed by atoms with E-state index in [0.717, 1.165) is 19.2 Å². The number of imide groups is 1. The molecule has 1 saturated heterocycles. The van der Waals surface area contributed by atoms with E-state index in [4.69, 9.17) is 5.11 Å². The van der Waals surface area contributed by atoms with Crippen LogP contribution < -0.4 is 5.32 Å². The van der Waals surface area contributed by atoms with Gasteiger partial charge in [0.2, 0.25) is 0 Å². The Morgan fingerprint density at radius 1 is 1.11 bits per heavy atom. The highest BCUT2D eigenvalue weighted by Gasteiger charge is 2.22. The minimum absolute atomic E-state index is 0.436. The summed E-state index contributed by atoms with van der Waals surface area (Å²) in [6.45, 7) is 6.83. The first-order valence-electron chi connectivity index (χ1n) is 6.15. The van der Waals surface area contributed by atoms with Gasteiger partial charge in [-0.25, -0.2) is 9.59 Å². The van der Waals surface area contributed by atoms with E-state index in [2.05, 4.69) is 24.1 Å². The molecule has 1 rings (SSSR count). The first-order chi connectivity index (χ1) is 8.90. The molecule has 106 valence electrons. The Labute approximate surface area is 111 Å². The number of urea groups is 1. The Bertz CT molecular complexity index is 384. The number of carbonyl (C=O) groups excluding carboxylic acids is 2. The van der Waals surface area contributed by atoms with Gasteiger partial charge in [-0.3, -0.25) is 15.0 Å². The lowest BCUT2D eigenvalue weighted by atomic mass is 10.2. The Hall–Kier alpha value is -1.89. The lowest BCUT2D eigenvalue weighted by Crippen LogP contribution is -2.53. The summed E-state index contributed by atoms with van der Waals surface area (Å²) in [5, 5.41) is 10.5. The van der Waals surface area contributed by atoms with Gasteiger partial charge >= 0.3 is 12.0 Å². The number of rotatable bonds is 3. The summed E-state index contributed by atoms with van der Waals surface area (Å²) in [7, 11) is 0. The fraction of sp³-hybridized carbons (Fsp3) is 0.583. The van der Waals surface area contributed by atoms with Crippen LogP contribution in [0.25, 0.3) is 0 Å². The van der Waals surface area contributed by atoms with Crippen molar-refractivity contribution in [3.63, 3.8) is 0 Å². The molecule has 0 aromatic rings. The number of hydrogen-bond donors (Lipinski definition) is 2. The molecule has 0 bridgehead atoms. The molecule has 0 atom stereocenters. The van der Waals surface area contributed by atoms with Gasteiger partial charge in [-0.05, 0) is 13.8 Å². The normalized spacial score (nSPS) is 16.9. The summed E-state index contributed by atoms with van der Waals surface area (Å²) in [4.78, 5) is 37.0. The molecule has 2 N–H and O–H groups in total. The molecule has 7 nitrogen and oxygen atoms in total. The molecular weight excluding hydrogens is 250 g/mol. The summed E-state index contributed by atoms with van der Waals surface area (Å²) in [5.41, 5.74) is 0. The van der Waals surface area contributed by atoms with Crippen LogP contribution in [0.2, 0.25) is 0 Å². The van der Waals surface area contributed by atoms with E-state index < -0.39 is 17.9 Å². The summed E-state index contributed by atoms with van der Waals surface area (Å²) < 4.78 is 0. The molecule has 1 fully saturated rings. The minimum Gasteiger partial charge on any atom is -0.478 e. The molecule has 0 spiro atoms. The number of amides is 3. The lowest BCUT2D eigenvalue weighted by molar-refractivity contribution is -0.131. The van der Waals surface area contributed by atoms with Gasteiger partial charge in [-0.1, -0.05) is 0 Å². The molecule has 3 amide bonds. The van der Waals surface area contributed by atoms with Crippen LogP contribution in [0.5, 0.6) is 0 Å². The maximum absolute atomic E-state index is 11.7. The average molecular weight is 269 g/mol. The van der Waals surface area contributed by atoms with Gasteiger partial charge < -0.3 is 10.0 Å². The molecule has 0 aromatic carbocycles. The summed E-state index contributed by atoms with van der Waals surface area (Å²) >= 11 is 0. The van der Waals surface area contributed by atoms with Crippen LogP contribution in [0, 0.1) is 0 Å². The first kappa shape index (κ1) is 15.2. The molecule has 0 unspecified atom stereocenters. The topological polar surface area (TPSA) is 90.0 Å². The number of carboxylic acid groups (broad SMARTS) is 1. The lowest BCUT2D eigenvalue weighted by Gasteiger charge is -2.36. The molecule has 1 aliphatic rings. The number of aliphatic carboxylic acids is 1. The number of carboxylic acids is 1. The van der Waals surface area contributed by atoms with Crippen LogP contribution in [0.3, 0.4) is 0 Å². The molecule has 1 heterocycles. The smallest absolute Gasteiger partial charge is 0.328 e. The van der Waals surface area contributed by atoms with Crippen LogP contribution >= 0.6 is 0 Å². The predicted octanol–water partition coefficient (Wildman–Crippen LogP) is -0.111. The summed E-state index contributed by atoms with van der Waals surface area (Å²) in [6, 6.07) is -0.0474. The van der Waals surface area contributed by atoms with Crippen molar-refractivity contribution in [2.24, 2.45) is 0 Å². The van der Waals surface area contributed by atoms with Crippen LogP contribution in [0.4, 0.5) is 4.79 Å². The van der Waals surface area contributed by atoms with Crippen LogP contribution in [0.15, 0.2) is 12.2 Å².